The molecule has 0 aliphatic heterocycles. The summed E-state index contributed by atoms with van der Waals surface area (Å²) in [5.41, 5.74) is 2.56. The molecule has 0 fully saturated rings. The van der Waals surface area contributed by atoms with Gasteiger partial charge in [-0.3, -0.25) is 13.9 Å². The summed E-state index contributed by atoms with van der Waals surface area (Å²) < 4.78 is 29.4. The molecule has 0 heterocycles. The van der Waals surface area contributed by atoms with Gasteiger partial charge in [-0.1, -0.05) is 92.9 Å². The third-order valence-electron chi connectivity index (χ3n) is 6.99. The Morgan fingerprint density at radius 3 is 2.10 bits per heavy atom. The Hall–Kier alpha value is -3.07. The van der Waals surface area contributed by atoms with Crippen molar-refractivity contribution in [3.8, 4) is 0 Å². The van der Waals surface area contributed by atoms with Gasteiger partial charge in [0.15, 0.2) is 0 Å². The largest absolute Gasteiger partial charge is 0.354 e. The van der Waals surface area contributed by atoms with E-state index in [2.05, 4.69) is 5.32 Å². The number of anilines is 1. The Morgan fingerprint density at radius 1 is 0.905 bits per heavy atom. The number of amides is 2. The number of hydrogen-bond donors (Lipinski definition) is 1. The minimum Gasteiger partial charge on any atom is -0.354 e. The van der Waals surface area contributed by atoms with Crippen LogP contribution in [0.3, 0.4) is 0 Å². The maximum Gasteiger partial charge on any atom is 0.264 e. The van der Waals surface area contributed by atoms with Crippen LogP contribution in [0.5, 0.6) is 0 Å². The summed E-state index contributed by atoms with van der Waals surface area (Å²) in [5, 5.41) is 3.61. The highest BCUT2D eigenvalue weighted by Gasteiger charge is 2.34. The van der Waals surface area contributed by atoms with Crippen molar-refractivity contribution in [1.29, 1.82) is 0 Å². The number of aryl methyl sites for hydroxylation is 2. The monoisotopic (exact) mass is 631 g/mol. The summed E-state index contributed by atoms with van der Waals surface area (Å²) in [6.45, 7) is 9.40. The van der Waals surface area contributed by atoms with E-state index >= 15 is 0 Å². The molecule has 0 aliphatic carbocycles. The first-order valence-electron chi connectivity index (χ1n) is 14.1. The lowest BCUT2D eigenvalue weighted by molar-refractivity contribution is -0.140. The van der Waals surface area contributed by atoms with E-state index in [0.29, 0.717) is 40.7 Å². The lowest BCUT2D eigenvalue weighted by Gasteiger charge is -2.34. The molecule has 0 saturated carbocycles. The average Bonchev–Trinajstić information content (AvgIpc) is 2.96. The van der Waals surface area contributed by atoms with Gasteiger partial charge in [-0.05, 0) is 61.6 Å². The Bertz CT molecular complexity index is 1470. The van der Waals surface area contributed by atoms with Gasteiger partial charge in [0.2, 0.25) is 11.8 Å². The highest BCUT2D eigenvalue weighted by Crippen LogP contribution is 2.30. The molecular formula is C32H39Cl2N3O4S. The fourth-order valence-corrected chi connectivity index (χ4v) is 6.57. The van der Waals surface area contributed by atoms with E-state index in [0.717, 1.165) is 15.4 Å². The first-order chi connectivity index (χ1) is 19.9. The number of rotatable bonds is 13. The fraction of sp³-hybridized carbons (Fsp3) is 0.375. The normalized spacial score (nSPS) is 12.2. The number of nitrogens with zero attached hydrogens (tertiary/aromatic N) is 2. The minimum atomic E-state index is -4.16. The van der Waals surface area contributed by atoms with E-state index in [9.17, 15) is 18.0 Å². The maximum atomic E-state index is 14.3. The molecule has 0 aliphatic rings. The van der Waals surface area contributed by atoms with Crippen LogP contribution in [-0.4, -0.2) is 44.3 Å². The lowest BCUT2D eigenvalue weighted by atomic mass is 10.1. The zero-order valence-corrected chi connectivity index (χ0v) is 27.1. The van der Waals surface area contributed by atoms with E-state index in [4.69, 9.17) is 23.2 Å². The highest BCUT2D eigenvalue weighted by atomic mass is 35.5. The highest BCUT2D eigenvalue weighted by molar-refractivity contribution is 7.92. The zero-order valence-electron chi connectivity index (χ0n) is 24.7. The fourth-order valence-electron chi connectivity index (χ4n) is 4.60. The van der Waals surface area contributed by atoms with Crippen molar-refractivity contribution in [2.45, 2.75) is 64.9 Å². The molecule has 0 saturated heterocycles. The number of nitrogens with one attached hydrogen (secondary N) is 1. The molecule has 0 radical (unpaired) electrons. The van der Waals surface area contributed by atoms with Gasteiger partial charge in [-0.2, -0.15) is 0 Å². The molecule has 3 aromatic carbocycles. The van der Waals surface area contributed by atoms with E-state index in [-0.39, 0.29) is 23.3 Å². The molecule has 0 unspecified atom stereocenters. The van der Waals surface area contributed by atoms with Crippen LogP contribution in [0.4, 0.5) is 5.69 Å². The quantitative estimate of drug-likeness (QED) is 0.229. The topological polar surface area (TPSA) is 86.8 Å². The molecule has 10 heteroatoms. The van der Waals surface area contributed by atoms with Crippen molar-refractivity contribution in [2.75, 3.05) is 17.4 Å². The number of benzene rings is 3. The van der Waals surface area contributed by atoms with Gasteiger partial charge in [0.1, 0.15) is 12.6 Å². The van der Waals surface area contributed by atoms with Crippen LogP contribution < -0.4 is 9.62 Å². The van der Waals surface area contributed by atoms with Crippen LogP contribution in [0, 0.1) is 12.8 Å². The van der Waals surface area contributed by atoms with Crippen molar-refractivity contribution in [3.63, 3.8) is 0 Å². The Labute approximate surface area is 259 Å². The zero-order chi connectivity index (χ0) is 31.0. The molecule has 0 aromatic heterocycles. The summed E-state index contributed by atoms with van der Waals surface area (Å²) in [5.74, 6) is -0.682. The Morgan fingerprint density at radius 2 is 1.52 bits per heavy atom. The van der Waals surface area contributed by atoms with Crippen molar-refractivity contribution in [3.05, 3.63) is 93.5 Å². The van der Waals surface area contributed by atoms with E-state index in [1.807, 2.05) is 39.8 Å². The Kier molecular flexibility index (Phi) is 11.9. The van der Waals surface area contributed by atoms with Crippen molar-refractivity contribution in [2.24, 2.45) is 5.92 Å². The van der Waals surface area contributed by atoms with Crippen molar-refractivity contribution < 1.29 is 18.0 Å². The summed E-state index contributed by atoms with van der Waals surface area (Å²) in [6.07, 6.45) is 0.854. The summed E-state index contributed by atoms with van der Waals surface area (Å²) in [7, 11) is -4.16. The summed E-state index contributed by atoms with van der Waals surface area (Å²) >= 11 is 13.0. The van der Waals surface area contributed by atoms with Gasteiger partial charge in [0, 0.05) is 28.7 Å². The lowest BCUT2D eigenvalue weighted by Crippen LogP contribution is -2.52. The molecular weight excluding hydrogens is 593 g/mol. The average molecular weight is 633 g/mol. The molecule has 3 aromatic rings. The Balaban J connectivity index is 2.12. The second kappa shape index (κ2) is 14.9. The molecule has 42 heavy (non-hydrogen) atoms. The van der Waals surface area contributed by atoms with Gasteiger partial charge < -0.3 is 10.2 Å². The van der Waals surface area contributed by atoms with Crippen LogP contribution in [0.25, 0.3) is 0 Å². The number of sulfonamides is 1. The van der Waals surface area contributed by atoms with Crippen LogP contribution in [-0.2, 0) is 32.6 Å². The second-order valence-electron chi connectivity index (χ2n) is 10.6. The van der Waals surface area contributed by atoms with Gasteiger partial charge >= 0.3 is 0 Å². The first kappa shape index (κ1) is 33.4. The molecule has 226 valence electrons. The first-order valence-corrected chi connectivity index (χ1v) is 16.3. The molecule has 2 amide bonds. The number of carbonyl (C=O) groups is 2. The van der Waals surface area contributed by atoms with E-state index < -0.39 is 28.5 Å². The van der Waals surface area contributed by atoms with Crippen LogP contribution in [0.15, 0.2) is 71.6 Å². The van der Waals surface area contributed by atoms with Gasteiger partial charge in [0.05, 0.1) is 10.6 Å². The number of halogens is 2. The predicted octanol–water partition coefficient (Wildman–Crippen LogP) is 6.64. The molecule has 1 N–H and O–H groups in total. The van der Waals surface area contributed by atoms with Crippen LogP contribution in [0.2, 0.25) is 10.0 Å². The van der Waals surface area contributed by atoms with Crippen LogP contribution >= 0.6 is 23.2 Å². The number of hydrogen-bond acceptors (Lipinski definition) is 4. The molecule has 3 rings (SSSR count). The third-order valence-corrected chi connectivity index (χ3v) is 9.47. The smallest absolute Gasteiger partial charge is 0.264 e. The van der Waals surface area contributed by atoms with Crippen LogP contribution in [0.1, 0.15) is 50.8 Å². The van der Waals surface area contributed by atoms with Crippen molar-refractivity contribution >= 4 is 50.7 Å². The molecule has 0 bridgehead atoms. The predicted molar refractivity (Wildman–Crippen MR) is 170 cm³/mol. The number of carbonyl (C=O) groups excluding carboxylic acids is 2. The molecule has 1 atom stereocenters. The van der Waals surface area contributed by atoms with Crippen molar-refractivity contribution in [1.82, 2.24) is 10.2 Å². The molecule has 0 spiro atoms. The van der Waals surface area contributed by atoms with Gasteiger partial charge in [-0.25, -0.2) is 8.42 Å². The summed E-state index contributed by atoms with van der Waals surface area (Å²) in [4.78, 5) is 29.1. The van der Waals surface area contributed by atoms with E-state index in [1.165, 1.54) is 17.0 Å². The minimum absolute atomic E-state index is 0.0641. The maximum absolute atomic E-state index is 14.3. The second-order valence-corrected chi connectivity index (χ2v) is 13.3. The number of para-hydroxylation sites is 1. The third kappa shape index (κ3) is 8.06. The standard InChI is InChI=1S/C32H39Cl2N3O4S/c1-6-24-11-8-9-14-30(24)37(42(40,41)25-17-15-23(5)16-18-25)21-31(38)36(20-26-27(33)12-10-13-28(26)34)29(7-2)32(39)35-19-22(3)4/h8-18,22,29H,6-7,19-21H2,1-5H3,(H,35,39)/t29-/m1/s1. The van der Waals surface area contributed by atoms with E-state index in [1.54, 1.807) is 49.4 Å². The van der Waals surface area contributed by atoms with Gasteiger partial charge in [0.25, 0.3) is 10.0 Å². The molecule has 7 nitrogen and oxygen atoms in total. The summed E-state index contributed by atoms with van der Waals surface area (Å²) in [6, 6.07) is 17.8. The van der Waals surface area contributed by atoms with Gasteiger partial charge in [-0.15, -0.1) is 0 Å². The SMILES string of the molecule is CCc1ccccc1N(CC(=O)N(Cc1c(Cl)cccc1Cl)[C@H](CC)C(=O)NCC(C)C)S(=O)(=O)c1ccc(C)cc1.